The molecule has 1 aliphatic rings. The fourth-order valence-corrected chi connectivity index (χ4v) is 3.59. The predicted octanol–water partition coefficient (Wildman–Crippen LogP) is 4.97. The van der Waals surface area contributed by atoms with Crippen LogP contribution in [0.2, 0.25) is 0 Å². The largest absolute Gasteiger partial charge is 0.507 e. The Kier molecular flexibility index (Phi) is 5.52. The number of aliphatic hydroxyl groups excluding tert-OH is 1. The lowest BCUT2D eigenvalue weighted by Gasteiger charge is -2.23. The third-order valence-corrected chi connectivity index (χ3v) is 4.92. The van der Waals surface area contributed by atoms with Gasteiger partial charge in [0.05, 0.1) is 17.9 Å². The van der Waals surface area contributed by atoms with E-state index in [2.05, 4.69) is 0 Å². The van der Waals surface area contributed by atoms with E-state index in [0.29, 0.717) is 5.75 Å². The van der Waals surface area contributed by atoms with E-state index in [1.165, 1.54) is 18.4 Å². The first-order valence-corrected chi connectivity index (χ1v) is 9.84. The second-order valence-corrected chi connectivity index (χ2v) is 7.48. The number of hydrogen-bond acceptors (Lipinski definition) is 5. The number of anilines is 1. The lowest BCUT2D eigenvalue weighted by molar-refractivity contribution is -0.132. The van der Waals surface area contributed by atoms with Gasteiger partial charge in [0.1, 0.15) is 23.3 Å². The van der Waals surface area contributed by atoms with Crippen LogP contribution in [0.15, 0.2) is 70.9 Å². The van der Waals surface area contributed by atoms with Gasteiger partial charge in [-0.15, -0.1) is 0 Å². The Bertz CT molecular complexity index is 1220. The number of carbonyl (C=O) groups excluding carboxylic acids is 2. The summed E-state index contributed by atoms with van der Waals surface area (Å²) in [6.07, 6.45) is 1.23. The van der Waals surface area contributed by atoms with E-state index in [1.807, 2.05) is 13.8 Å². The van der Waals surface area contributed by atoms with Crippen molar-refractivity contribution in [2.45, 2.75) is 26.0 Å². The van der Waals surface area contributed by atoms with Crippen LogP contribution in [-0.2, 0) is 9.59 Å². The molecular weight excluding hydrogens is 420 g/mol. The van der Waals surface area contributed by atoms with E-state index in [4.69, 9.17) is 9.15 Å². The molecule has 1 aromatic heterocycles. The Balaban J connectivity index is 1.88. The normalized spacial score (nSPS) is 17.9. The van der Waals surface area contributed by atoms with Crippen LogP contribution in [0.4, 0.5) is 14.5 Å². The summed E-state index contributed by atoms with van der Waals surface area (Å²) >= 11 is 0. The summed E-state index contributed by atoms with van der Waals surface area (Å²) in [7, 11) is 0. The number of ether oxygens (including phenoxy) is 1. The quantitative estimate of drug-likeness (QED) is 0.345. The molecule has 1 aliphatic heterocycles. The Hall–Kier alpha value is -3.94. The molecule has 0 radical (unpaired) electrons. The molecule has 1 amide bonds. The molecule has 1 atom stereocenters. The maximum atomic E-state index is 13.9. The molecule has 3 aromatic rings. The number of ketones is 1. The van der Waals surface area contributed by atoms with Gasteiger partial charge in [0.25, 0.3) is 11.7 Å². The molecule has 2 heterocycles. The Morgan fingerprint density at radius 1 is 1.06 bits per heavy atom. The van der Waals surface area contributed by atoms with Gasteiger partial charge in [-0.05, 0) is 50.2 Å². The van der Waals surface area contributed by atoms with E-state index < -0.39 is 35.1 Å². The molecule has 1 N–H and O–H groups in total. The molecule has 4 rings (SSSR count). The smallest absolute Gasteiger partial charge is 0.300 e. The van der Waals surface area contributed by atoms with Gasteiger partial charge in [-0.25, -0.2) is 8.78 Å². The Labute approximate surface area is 182 Å². The molecule has 0 saturated carbocycles. The van der Waals surface area contributed by atoms with E-state index in [0.717, 1.165) is 17.0 Å². The predicted molar refractivity (Wildman–Crippen MR) is 112 cm³/mol. The molecule has 32 heavy (non-hydrogen) atoms. The first-order valence-electron chi connectivity index (χ1n) is 9.84. The third kappa shape index (κ3) is 3.75. The van der Waals surface area contributed by atoms with Crippen molar-refractivity contribution in [3.8, 4) is 5.75 Å². The molecule has 1 saturated heterocycles. The number of hydrogen-bond donors (Lipinski definition) is 1. The minimum absolute atomic E-state index is 0.0525. The zero-order chi connectivity index (χ0) is 23.0. The third-order valence-electron chi connectivity index (χ3n) is 4.92. The summed E-state index contributed by atoms with van der Waals surface area (Å²) in [5.41, 5.74) is -0.0392. The van der Waals surface area contributed by atoms with Gasteiger partial charge < -0.3 is 14.3 Å². The lowest BCUT2D eigenvalue weighted by atomic mass is 9.99. The van der Waals surface area contributed by atoms with E-state index in [-0.39, 0.29) is 28.7 Å². The standard InChI is InChI=1S/C24H19F2NO5/c1-13(2)32-16-6-3-5-14(11-16)22(28)20-21(19-7-4-10-31-19)27(24(30)23(20)29)15-8-9-17(25)18(26)12-15/h3-13,21,28H,1-2H3/b22-20-. The van der Waals surface area contributed by atoms with Crippen LogP contribution in [0.1, 0.15) is 31.2 Å². The van der Waals surface area contributed by atoms with Gasteiger partial charge in [-0.2, -0.15) is 0 Å². The average molecular weight is 439 g/mol. The van der Waals surface area contributed by atoms with Crippen LogP contribution >= 0.6 is 0 Å². The number of carbonyl (C=O) groups is 2. The Morgan fingerprint density at radius 2 is 1.84 bits per heavy atom. The lowest BCUT2D eigenvalue weighted by Crippen LogP contribution is -2.29. The number of furan rings is 1. The minimum Gasteiger partial charge on any atom is -0.507 e. The summed E-state index contributed by atoms with van der Waals surface area (Å²) in [6, 6.07) is 11.2. The van der Waals surface area contributed by atoms with Crippen LogP contribution in [0.25, 0.3) is 5.76 Å². The van der Waals surface area contributed by atoms with Gasteiger partial charge >= 0.3 is 0 Å². The number of rotatable bonds is 5. The molecule has 8 heteroatoms. The molecule has 1 unspecified atom stereocenters. The Morgan fingerprint density at radius 3 is 2.50 bits per heavy atom. The van der Waals surface area contributed by atoms with Gasteiger partial charge in [-0.3, -0.25) is 14.5 Å². The highest BCUT2D eigenvalue weighted by atomic mass is 19.2. The number of amides is 1. The highest BCUT2D eigenvalue weighted by Crippen LogP contribution is 2.42. The molecule has 0 spiro atoms. The number of nitrogens with zero attached hydrogens (tertiary/aromatic N) is 1. The maximum Gasteiger partial charge on any atom is 0.300 e. The van der Waals surface area contributed by atoms with Crippen LogP contribution in [-0.4, -0.2) is 22.9 Å². The highest BCUT2D eigenvalue weighted by molar-refractivity contribution is 6.51. The van der Waals surface area contributed by atoms with Crippen LogP contribution in [0.5, 0.6) is 5.75 Å². The van der Waals surface area contributed by atoms with Crippen molar-refractivity contribution in [2.24, 2.45) is 0 Å². The topological polar surface area (TPSA) is 80.0 Å². The molecule has 164 valence electrons. The number of halogens is 2. The second-order valence-electron chi connectivity index (χ2n) is 7.48. The summed E-state index contributed by atoms with van der Waals surface area (Å²) in [6.45, 7) is 3.69. The van der Waals surface area contributed by atoms with Crippen LogP contribution < -0.4 is 9.64 Å². The second kappa shape index (κ2) is 8.30. The monoisotopic (exact) mass is 439 g/mol. The first-order chi connectivity index (χ1) is 15.3. The summed E-state index contributed by atoms with van der Waals surface area (Å²) < 4.78 is 38.4. The number of aliphatic hydroxyl groups is 1. The maximum absolute atomic E-state index is 13.9. The van der Waals surface area contributed by atoms with Crippen molar-refractivity contribution in [1.29, 1.82) is 0 Å². The van der Waals surface area contributed by atoms with Gasteiger partial charge in [0.2, 0.25) is 0 Å². The molecule has 0 aliphatic carbocycles. The van der Waals surface area contributed by atoms with E-state index in [1.54, 1.807) is 30.3 Å². The summed E-state index contributed by atoms with van der Waals surface area (Å²) in [5.74, 6) is -4.07. The van der Waals surface area contributed by atoms with Crippen LogP contribution in [0, 0.1) is 11.6 Å². The number of benzene rings is 2. The van der Waals surface area contributed by atoms with Gasteiger partial charge in [-0.1, -0.05) is 12.1 Å². The molecule has 6 nitrogen and oxygen atoms in total. The van der Waals surface area contributed by atoms with E-state index in [9.17, 15) is 23.5 Å². The van der Waals surface area contributed by atoms with Crippen molar-refractivity contribution in [1.82, 2.24) is 0 Å². The molecular formula is C24H19F2NO5. The zero-order valence-electron chi connectivity index (χ0n) is 17.2. The zero-order valence-corrected chi connectivity index (χ0v) is 17.2. The van der Waals surface area contributed by atoms with Gasteiger partial charge in [0.15, 0.2) is 11.6 Å². The molecule has 0 bridgehead atoms. The first kappa shape index (κ1) is 21.3. The van der Waals surface area contributed by atoms with Crippen molar-refractivity contribution in [3.63, 3.8) is 0 Å². The fraction of sp³-hybridized carbons (Fsp3) is 0.167. The van der Waals surface area contributed by atoms with Crippen molar-refractivity contribution in [3.05, 3.63) is 89.4 Å². The molecule has 2 aromatic carbocycles. The average Bonchev–Trinajstić information content (AvgIpc) is 3.37. The fourth-order valence-electron chi connectivity index (χ4n) is 3.59. The van der Waals surface area contributed by atoms with Crippen molar-refractivity contribution in [2.75, 3.05) is 4.90 Å². The van der Waals surface area contributed by atoms with Crippen molar-refractivity contribution < 1.29 is 32.6 Å². The minimum atomic E-state index is -1.18. The van der Waals surface area contributed by atoms with Crippen molar-refractivity contribution >= 4 is 23.1 Å². The summed E-state index contributed by atoms with van der Waals surface area (Å²) in [4.78, 5) is 26.9. The number of Topliss-reactive ketones (excluding diaryl/α,β-unsaturated/α-hetero) is 1. The van der Waals surface area contributed by atoms with Crippen LogP contribution in [0.3, 0.4) is 0 Å². The van der Waals surface area contributed by atoms with E-state index >= 15 is 0 Å². The highest BCUT2D eigenvalue weighted by Gasteiger charge is 2.48. The van der Waals surface area contributed by atoms with Gasteiger partial charge in [0, 0.05) is 17.3 Å². The SMILES string of the molecule is CC(C)Oc1cccc(/C(O)=C2/C(=O)C(=O)N(c3ccc(F)c(F)c3)C2c2ccco2)c1. The summed E-state index contributed by atoms with van der Waals surface area (Å²) in [5, 5.41) is 11.0. The molecule has 1 fully saturated rings.